The van der Waals surface area contributed by atoms with E-state index in [4.69, 9.17) is 0 Å². The molecule has 0 aliphatic rings. The van der Waals surface area contributed by atoms with Crippen molar-refractivity contribution < 1.29 is 0 Å². The summed E-state index contributed by atoms with van der Waals surface area (Å²) in [5.74, 6) is 0.687. The topological polar surface area (TPSA) is 30.2 Å². The fraction of sp³-hybridized carbons (Fsp3) is 0.250. The van der Waals surface area contributed by atoms with Crippen LogP contribution in [0.15, 0.2) is 18.5 Å². The van der Waals surface area contributed by atoms with Crippen molar-refractivity contribution in [3.05, 3.63) is 29.7 Å². The van der Waals surface area contributed by atoms with Gasteiger partial charge in [0.25, 0.3) is 0 Å². The highest BCUT2D eigenvalue weighted by molar-refractivity contribution is 7.79. The largest absolute Gasteiger partial charge is 0.237 e. The van der Waals surface area contributed by atoms with Crippen molar-refractivity contribution in [2.45, 2.75) is 12.7 Å². The highest BCUT2D eigenvalue weighted by Crippen LogP contribution is 2.13. The van der Waals surface area contributed by atoms with Gasteiger partial charge in [0.05, 0.1) is 5.69 Å². The van der Waals surface area contributed by atoms with Crippen LogP contribution in [0.1, 0.15) is 11.3 Å². The molecule has 2 heterocycles. The highest BCUT2D eigenvalue weighted by Gasteiger charge is 2.06. The van der Waals surface area contributed by atoms with Gasteiger partial charge in [0.2, 0.25) is 0 Å². The van der Waals surface area contributed by atoms with E-state index in [0.29, 0.717) is 5.75 Å². The number of aryl methyl sites for hydroxylation is 1. The third kappa shape index (κ3) is 0.992. The lowest BCUT2D eigenvalue weighted by Gasteiger charge is -1.91. The van der Waals surface area contributed by atoms with Crippen molar-refractivity contribution >= 4 is 18.3 Å². The summed E-state index contributed by atoms with van der Waals surface area (Å²) in [7, 11) is 0. The second-order valence-corrected chi connectivity index (χ2v) is 2.93. The summed E-state index contributed by atoms with van der Waals surface area (Å²) in [5, 5.41) is 4.29. The van der Waals surface area contributed by atoms with Crippen LogP contribution in [0.3, 0.4) is 0 Å². The van der Waals surface area contributed by atoms with Crippen molar-refractivity contribution in [1.82, 2.24) is 14.6 Å². The first-order valence-corrected chi connectivity index (χ1v) is 4.36. The van der Waals surface area contributed by atoms with Gasteiger partial charge < -0.3 is 0 Å². The van der Waals surface area contributed by atoms with Crippen molar-refractivity contribution in [2.24, 2.45) is 0 Å². The zero-order chi connectivity index (χ0) is 8.55. The Bertz CT molecular complexity index is 408. The minimum Gasteiger partial charge on any atom is -0.237 e. The Kier molecular flexibility index (Phi) is 1.77. The number of thiol groups is 1. The van der Waals surface area contributed by atoms with Crippen LogP contribution in [0.5, 0.6) is 0 Å². The Morgan fingerprint density at radius 1 is 1.58 bits per heavy atom. The SMILES string of the molecule is Cc1nn2cccnc2c1CS. The Hall–Kier alpha value is -1.03. The lowest BCUT2D eigenvalue weighted by Crippen LogP contribution is -1.87. The second-order valence-electron chi connectivity index (χ2n) is 2.61. The van der Waals surface area contributed by atoms with Gasteiger partial charge in [-0.15, -0.1) is 0 Å². The zero-order valence-electron chi connectivity index (χ0n) is 6.73. The van der Waals surface area contributed by atoms with Crippen LogP contribution in [0, 0.1) is 6.92 Å². The predicted octanol–water partition coefficient (Wildman–Crippen LogP) is 1.47. The van der Waals surface area contributed by atoms with E-state index in [2.05, 4.69) is 22.7 Å². The Morgan fingerprint density at radius 2 is 2.42 bits per heavy atom. The molecule has 0 saturated carbocycles. The fourth-order valence-corrected chi connectivity index (χ4v) is 1.60. The number of hydrogen-bond acceptors (Lipinski definition) is 3. The van der Waals surface area contributed by atoms with Gasteiger partial charge >= 0.3 is 0 Å². The summed E-state index contributed by atoms with van der Waals surface area (Å²) in [6.45, 7) is 1.97. The van der Waals surface area contributed by atoms with E-state index < -0.39 is 0 Å². The van der Waals surface area contributed by atoms with Gasteiger partial charge in [-0.2, -0.15) is 17.7 Å². The third-order valence-corrected chi connectivity index (χ3v) is 2.17. The summed E-state index contributed by atoms with van der Waals surface area (Å²) in [4.78, 5) is 4.22. The molecule has 0 bridgehead atoms. The number of fused-ring (bicyclic) bond motifs is 1. The van der Waals surface area contributed by atoms with Gasteiger partial charge in [0, 0.05) is 23.7 Å². The van der Waals surface area contributed by atoms with E-state index in [9.17, 15) is 0 Å². The molecule has 62 valence electrons. The van der Waals surface area contributed by atoms with Gasteiger partial charge in [-0.3, -0.25) is 0 Å². The summed E-state index contributed by atoms with van der Waals surface area (Å²) in [5.41, 5.74) is 3.02. The maximum absolute atomic E-state index is 4.29. The predicted molar refractivity (Wildman–Crippen MR) is 50.4 cm³/mol. The van der Waals surface area contributed by atoms with Crippen LogP contribution >= 0.6 is 12.6 Å². The summed E-state index contributed by atoms with van der Waals surface area (Å²) < 4.78 is 1.78. The molecule has 0 radical (unpaired) electrons. The van der Waals surface area contributed by atoms with Gasteiger partial charge in [-0.1, -0.05) is 0 Å². The second kappa shape index (κ2) is 2.79. The molecule has 2 aromatic heterocycles. The van der Waals surface area contributed by atoms with Crippen LogP contribution in [-0.2, 0) is 5.75 Å². The van der Waals surface area contributed by atoms with E-state index in [-0.39, 0.29) is 0 Å². The highest BCUT2D eigenvalue weighted by atomic mass is 32.1. The maximum atomic E-state index is 4.29. The number of hydrogen-bond donors (Lipinski definition) is 1. The Labute approximate surface area is 75.8 Å². The van der Waals surface area contributed by atoms with Gasteiger partial charge in [-0.25, -0.2) is 9.50 Å². The van der Waals surface area contributed by atoms with Crippen molar-refractivity contribution in [1.29, 1.82) is 0 Å². The average Bonchev–Trinajstić information content (AvgIpc) is 2.40. The molecule has 4 heteroatoms. The lowest BCUT2D eigenvalue weighted by atomic mass is 10.3. The average molecular weight is 179 g/mol. The minimum absolute atomic E-state index is 0.687. The molecule has 0 amide bonds. The third-order valence-electron chi connectivity index (χ3n) is 1.85. The summed E-state index contributed by atoms with van der Waals surface area (Å²) in [6, 6.07) is 1.86. The molecule has 12 heavy (non-hydrogen) atoms. The Morgan fingerprint density at radius 3 is 3.17 bits per heavy atom. The van der Waals surface area contributed by atoms with Crippen molar-refractivity contribution in [2.75, 3.05) is 0 Å². The van der Waals surface area contributed by atoms with E-state index in [1.54, 1.807) is 10.7 Å². The lowest BCUT2D eigenvalue weighted by molar-refractivity contribution is 0.917. The molecule has 0 saturated heterocycles. The molecule has 2 rings (SSSR count). The molecule has 0 spiro atoms. The standard InChI is InChI=1S/C8H9N3S/c1-6-7(5-12)8-9-3-2-4-11(8)10-6/h2-4,12H,5H2,1H3. The molecule has 0 N–H and O–H groups in total. The summed E-state index contributed by atoms with van der Waals surface area (Å²) in [6.07, 6.45) is 3.66. The van der Waals surface area contributed by atoms with E-state index >= 15 is 0 Å². The van der Waals surface area contributed by atoms with Crippen LogP contribution in [-0.4, -0.2) is 14.6 Å². The van der Waals surface area contributed by atoms with E-state index in [0.717, 1.165) is 16.9 Å². The molecular weight excluding hydrogens is 170 g/mol. The first-order valence-electron chi connectivity index (χ1n) is 3.72. The van der Waals surface area contributed by atoms with Gasteiger partial charge in [-0.05, 0) is 13.0 Å². The first kappa shape index (κ1) is 7.61. The first-order chi connectivity index (χ1) is 5.83. The van der Waals surface area contributed by atoms with Crippen LogP contribution in [0.4, 0.5) is 0 Å². The normalized spacial score (nSPS) is 10.8. The van der Waals surface area contributed by atoms with E-state index in [1.165, 1.54) is 0 Å². The minimum atomic E-state index is 0.687. The molecule has 0 aliphatic heterocycles. The molecule has 0 aromatic carbocycles. The molecule has 0 unspecified atom stereocenters. The number of aromatic nitrogens is 3. The molecule has 3 nitrogen and oxygen atoms in total. The number of nitrogens with zero attached hydrogens (tertiary/aromatic N) is 3. The van der Waals surface area contributed by atoms with Gasteiger partial charge in [0.1, 0.15) is 0 Å². The molecular formula is C8H9N3S. The molecule has 2 aromatic rings. The monoisotopic (exact) mass is 179 g/mol. The Balaban J connectivity index is 2.81. The quantitative estimate of drug-likeness (QED) is 0.672. The number of rotatable bonds is 1. The van der Waals surface area contributed by atoms with Crippen LogP contribution in [0.25, 0.3) is 5.65 Å². The van der Waals surface area contributed by atoms with Crippen LogP contribution in [0.2, 0.25) is 0 Å². The fourth-order valence-electron chi connectivity index (χ4n) is 1.23. The van der Waals surface area contributed by atoms with Crippen LogP contribution < -0.4 is 0 Å². The van der Waals surface area contributed by atoms with Crippen molar-refractivity contribution in [3.63, 3.8) is 0 Å². The summed E-state index contributed by atoms with van der Waals surface area (Å²) >= 11 is 4.23. The van der Waals surface area contributed by atoms with Crippen molar-refractivity contribution in [3.8, 4) is 0 Å². The van der Waals surface area contributed by atoms with E-state index in [1.807, 2.05) is 19.2 Å². The van der Waals surface area contributed by atoms with Gasteiger partial charge in [0.15, 0.2) is 5.65 Å². The maximum Gasteiger partial charge on any atom is 0.159 e. The zero-order valence-corrected chi connectivity index (χ0v) is 7.62. The molecule has 0 atom stereocenters. The molecule has 0 fully saturated rings. The smallest absolute Gasteiger partial charge is 0.159 e. The molecule has 0 aliphatic carbocycles.